The van der Waals surface area contributed by atoms with E-state index >= 15 is 0 Å². The molecular formula is C17H24N4O3S. The molecule has 2 rings (SSSR count). The van der Waals surface area contributed by atoms with E-state index in [4.69, 9.17) is 0 Å². The Morgan fingerprint density at radius 1 is 1.28 bits per heavy atom. The normalized spacial score (nSPS) is 10.9. The Balaban J connectivity index is 2.41. The number of nitrogens with zero attached hydrogens (tertiary/aromatic N) is 3. The fourth-order valence-electron chi connectivity index (χ4n) is 2.61. The second-order valence-corrected chi connectivity index (χ2v) is 6.74. The maximum atomic E-state index is 12.7. The predicted molar refractivity (Wildman–Crippen MR) is 99.2 cm³/mol. The van der Waals surface area contributed by atoms with Crippen LogP contribution in [0.25, 0.3) is 10.2 Å². The average Bonchev–Trinajstić information content (AvgIpc) is 2.94. The number of amides is 2. The molecule has 25 heavy (non-hydrogen) atoms. The molecule has 0 bridgehead atoms. The third kappa shape index (κ3) is 3.89. The zero-order chi connectivity index (χ0) is 18.6. The van der Waals surface area contributed by atoms with E-state index in [9.17, 15) is 14.4 Å². The first-order valence-electron chi connectivity index (χ1n) is 8.48. The van der Waals surface area contributed by atoms with Gasteiger partial charge in [0.15, 0.2) is 0 Å². The lowest BCUT2D eigenvalue weighted by Crippen LogP contribution is -2.33. The van der Waals surface area contributed by atoms with Gasteiger partial charge in [-0.05, 0) is 32.8 Å². The Hall–Kier alpha value is -2.22. The number of carbonyl (C=O) groups excluding carboxylic acids is 2. The van der Waals surface area contributed by atoms with Gasteiger partial charge < -0.3 is 10.2 Å². The molecule has 0 aliphatic heterocycles. The lowest BCUT2D eigenvalue weighted by atomic mass is 10.2. The van der Waals surface area contributed by atoms with Gasteiger partial charge in [0, 0.05) is 19.6 Å². The molecule has 0 spiro atoms. The maximum absolute atomic E-state index is 12.7. The van der Waals surface area contributed by atoms with Crippen LogP contribution in [0.15, 0.2) is 11.1 Å². The van der Waals surface area contributed by atoms with E-state index in [2.05, 4.69) is 10.3 Å². The van der Waals surface area contributed by atoms with Crippen LogP contribution >= 0.6 is 11.3 Å². The van der Waals surface area contributed by atoms with Gasteiger partial charge in [-0.3, -0.25) is 19.0 Å². The number of nitrogens with one attached hydrogen (secondary N) is 1. The highest BCUT2D eigenvalue weighted by Gasteiger charge is 2.22. The van der Waals surface area contributed by atoms with E-state index in [0.29, 0.717) is 40.3 Å². The van der Waals surface area contributed by atoms with Crippen LogP contribution in [0, 0.1) is 6.92 Å². The summed E-state index contributed by atoms with van der Waals surface area (Å²) < 4.78 is 1.29. The van der Waals surface area contributed by atoms with E-state index in [1.54, 1.807) is 11.8 Å². The zero-order valence-corrected chi connectivity index (χ0v) is 15.9. The van der Waals surface area contributed by atoms with Crippen LogP contribution in [0.3, 0.4) is 0 Å². The van der Waals surface area contributed by atoms with Crippen molar-refractivity contribution in [3.05, 3.63) is 27.1 Å². The Morgan fingerprint density at radius 2 is 1.96 bits per heavy atom. The van der Waals surface area contributed by atoms with Gasteiger partial charge in [0.05, 0.1) is 16.6 Å². The van der Waals surface area contributed by atoms with E-state index < -0.39 is 0 Å². The number of thiophene rings is 1. The van der Waals surface area contributed by atoms with Crippen LogP contribution < -0.4 is 10.9 Å². The molecule has 2 amide bonds. The molecule has 7 nitrogen and oxygen atoms in total. The van der Waals surface area contributed by atoms with Gasteiger partial charge in [-0.2, -0.15) is 0 Å². The van der Waals surface area contributed by atoms with Gasteiger partial charge >= 0.3 is 0 Å². The van der Waals surface area contributed by atoms with Crippen LogP contribution in [-0.4, -0.2) is 45.9 Å². The van der Waals surface area contributed by atoms with Crippen molar-refractivity contribution in [1.82, 2.24) is 19.8 Å². The Morgan fingerprint density at radius 3 is 2.56 bits per heavy atom. The Bertz CT molecular complexity index is 836. The minimum atomic E-state index is -0.288. The smallest absolute Gasteiger partial charge is 0.264 e. The first-order chi connectivity index (χ1) is 11.9. The summed E-state index contributed by atoms with van der Waals surface area (Å²) in [5.74, 6) is -0.311. The SMILES string of the molecule is CCCNC(=O)Cn1cnc2sc(C(=O)N(CC)CC)c(C)c2c1=O. The van der Waals surface area contributed by atoms with Crippen molar-refractivity contribution in [1.29, 1.82) is 0 Å². The first-order valence-corrected chi connectivity index (χ1v) is 9.30. The van der Waals surface area contributed by atoms with Crippen LogP contribution in [0.5, 0.6) is 0 Å². The van der Waals surface area contributed by atoms with Crippen molar-refractivity contribution < 1.29 is 9.59 Å². The number of aryl methyl sites for hydroxylation is 1. The van der Waals surface area contributed by atoms with Crippen LogP contribution in [0.2, 0.25) is 0 Å². The highest BCUT2D eigenvalue weighted by molar-refractivity contribution is 7.20. The van der Waals surface area contributed by atoms with Crippen molar-refractivity contribution >= 4 is 33.4 Å². The molecule has 2 aromatic heterocycles. The number of carbonyl (C=O) groups is 2. The molecule has 8 heteroatoms. The Labute approximate surface area is 150 Å². The van der Waals surface area contributed by atoms with Gasteiger partial charge in [0.1, 0.15) is 11.4 Å². The number of hydrogen-bond acceptors (Lipinski definition) is 5. The fraction of sp³-hybridized carbons (Fsp3) is 0.529. The molecule has 0 aliphatic carbocycles. The molecule has 0 unspecified atom stereocenters. The highest BCUT2D eigenvalue weighted by atomic mass is 32.1. The molecule has 0 atom stereocenters. The quantitative estimate of drug-likeness (QED) is 0.811. The topological polar surface area (TPSA) is 84.3 Å². The standard InChI is InChI=1S/C17H24N4O3S/c1-5-8-18-12(22)9-21-10-19-15-13(16(21)23)11(4)14(25-15)17(24)20(6-2)7-3/h10H,5-9H2,1-4H3,(H,18,22). The zero-order valence-electron chi connectivity index (χ0n) is 15.1. The van der Waals surface area contributed by atoms with Crippen molar-refractivity contribution in [2.24, 2.45) is 0 Å². The summed E-state index contributed by atoms with van der Waals surface area (Å²) in [6, 6.07) is 0. The summed E-state index contributed by atoms with van der Waals surface area (Å²) in [4.78, 5) is 44.3. The summed E-state index contributed by atoms with van der Waals surface area (Å²) in [6.45, 7) is 9.29. The molecule has 0 aromatic carbocycles. The Kier molecular flexibility index (Phi) is 6.30. The van der Waals surface area contributed by atoms with Crippen molar-refractivity contribution in [3.8, 4) is 0 Å². The second-order valence-electron chi connectivity index (χ2n) is 5.74. The summed E-state index contributed by atoms with van der Waals surface area (Å²) in [5.41, 5.74) is 0.349. The second kappa shape index (κ2) is 8.24. The minimum absolute atomic E-state index is 0.0730. The van der Waals surface area contributed by atoms with Crippen molar-refractivity contribution in [2.75, 3.05) is 19.6 Å². The van der Waals surface area contributed by atoms with Crippen molar-refractivity contribution in [3.63, 3.8) is 0 Å². The molecule has 1 N–H and O–H groups in total. The third-order valence-corrected chi connectivity index (χ3v) is 5.24. The van der Waals surface area contributed by atoms with Gasteiger partial charge in [0.2, 0.25) is 5.91 Å². The van der Waals surface area contributed by atoms with Crippen molar-refractivity contribution in [2.45, 2.75) is 40.7 Å². The molecule has 136 valence electrons. The van der Waals surface area contributed by atoms with E-state index in [-0.39, 0.29) is 23.9 Å². The average molecular weight is 364 g/mol. The van der Waals surface area contributed by atoms with Crippen LogP contribution in [0.1, 0.15) is 42.4 Å². The molecule has 2 aromatic rings. The van der Waals surface area contributed by atoms with Gasteiger partial charge in [-0.25, -0.2) is 4.98 Å². The third-order valence-electron chi connectivity index (χ3n) is 4.05. The summed E-state index contributed by atoms with van der Waals surface area (Å²) >= 11 is 1.23. The van der Waals surface area contributed by atoms with E-state index in [1.165, 1.54) is 22.2 Å². The molecular weight excluding hydrogens is 340 g/mol. The maximum Gasteiger partial charge on any atom is 0.264 e. The highest BCUT2D eigenvalue weighted by Crippen LogP contribution is 2.27. The monoisotopic (exact) mass is 364 g/mol. The lowest BCUT2D eigenvalue weighted by Gasteiger charge is -2.17. The van der Waals surface area contributed by atoms with Crippen LogP contribution in [-0.2, 0) is 11.3 Å². The lowest BCUT2D eigenvalue weighted by molar-refractivity contribution is -0.121. The van der Waals surface area contributed by atoms with E-state index in [0.717, 1.165) is 6.42 Å². The molecule has 0 radical (unpaired) electrons. The van der Waals surface area contributed by atoms with Gasteiger partial charge in [0.25, 0.3) is 11.5 Å². The van der Waals surface area contributed by atoms with E-state index in [1.807, 2.05) is 20.8 Å². The summed E-state index contributed by atoms with van der Waals surface area (Å²) in [6.07, 6.45) is 2.20. The largest absolute Gasteiger partial charge is 0.355 e. The molecule has 2 heterocycles. The molecule has 0 aliphatic rings. The predicted octanol–water partition coefficient (Wildman–Crippen LogP) is 1.77. The molecule has 0 saturated carbocycles. The summed E-state index contributed by atoms with van der Waals surface area (Å²) in [5, 5.41) is 3.16. The summed E-state index contributed by atoms with van der Waals surface area (Å²) in [7, 11) is 0. The number of aromatic nitrogens is 2. The fourth-order valence-corrected chi connectivity index (χ4v) is 3.71. The van der Waals surface area contributed by atoms with Crippen LogP contribution in [0.4, 0.5) is 0 Å². The molecule has 0 saturated heterocycles. The number of hydrogen-bond donors (Lipinski definition) is 1. The minimum Gasteiger partial charge on any atom is -0.355 e. The van der Waals surface area contributed by atoms with Gasteiger partial charge in [-0.1, -0.05) is 6.92 Å². The van der Waals surface area contributed by atoms with Gasteiger partial charge in [-0.15, -0.1) is 11.3 Å². The number of rotatable bonds is 7. The molecule has 0 fully saturated rings. The number of fused-ring (bicyclic) bond motifs is 1. The first kappa shape index (κ1) is 19.1.